The van der Waals surface area contributed by atoms with Crippen LogP contribution in [0.1, 0.15) is 32.6 Å². The minimum atomic E-state index is -0.195. The van der Waals surface area contributed by atoms with E-state index in [1.807, 2.05) is 0 Å². The second-order valence-electron chi connectivity index (χ2n) is 3.56. The molecule has 1 aliphatic rings. The monoisotopic (exact) mass is 201 g/mol. The first kappa shape index (κ1) is 11.5. The van der Waals surface area contributed by atoms with E-state index in [1.54, 1.807) is 6.92 Å². The molecule has 0 spiro atoms. The van der Waals surface area contributed by atoms with Gasteiger partial charge in [0, 0.05) is 6.04 Å². The van der Waals surface area contributed by atoms with E-state index in [0.717, 1.165) is 19.3 Å². The van der Waals surface area contributed by atoms with Crippen LogP contribution in [0.4, 0.5) is 0 Å². The number of carbonyl (C=O) groups is 1. The summed E-state index contributed by atoms with van der Waals surface area (Å²) < 4.78 is 10.3. The van der Waals surface area contributed by atoms with Crippen molar-refractivity contribution in [3.8, 4) is 0 Å². The van der Waals surface area contributed by atoms with Crippen molar-refractivity contribution < 1.29 is 14.3 Å². The first-order valence-corrected chi connectivity index (χ1v) is 5.27. The van der Waals surface area contributed by atoms with Crippen molar-refractivity contribution in [3.63, 3.8) is 0 Å². The van der Waals surface area contributed by atoms with Crippen LogP contribution in [-0.4, -0.2) is 31.3 Å². The minimum absolute atomic E-state index is 0.143. The third-order valence-electron chi connectivity index (χ3n) is 2.45. The van der Waals surface area contributed by atoms with E-state index < -0.39 is 0 Å². The number of carbonyl (C=O) groups excluding carboxylic acids is 1. The molecule has 0 aromatic carbocycles. The van der Waals surface area contributed by atoms with Crippen molar-refractivity contribution in [2.45, 2.75) is 44.8 Å². The van der Waals surface area contributed by atoms with Gasteiger partial charge in [-0.25, -0.2) is 0 Å². The number of esters is 1. The molecule has 14 heavy (non-hydrogen) atoms. The largest absolute Gasteiger partial charge is 0.466 e. The zero-order valence-corrected chi connectivity index (χ0v) is 8.70. The molecule has 2 N–H and O–H groups in total. The Bertz CT molecular complexity index is 184. The molecule has 0 saturated heterocycles. The van der Waals surface area contributed by atoms with Crippen molar-refractivity contribution >= 4 is 5.97 Å². The number of nitrogens with two attached hydrogens (primary N) is 1. The van der Waals surface area contributed by atoms with Gasteiger partial charge in [0.1, 0.15) is 0 Å². The maximum atomic E-state index is 11.0. The third-order valence-corrected chi connectivity index (χ3v) is 2.45. The molecular formula is C10H19NO3. The van der Waals surface area contributed by atoms with Crippen LogP contribution >= 0.6 is 0 Å². The van der Waals surface area contributed by atoms with Gasteiger partial charge in [0.25, 0.3) is 0 Å². The summed E-state index contributed by atoms with van der Waals surface area (Å²) in [7, 11) is 0. The highest BCUT2D eigenvalue weighted by molar-refractivity contribution is 5.69. The summed E-state index contributed by atoms with van der Waals surface area (Å²) in [5.74, 6) is -0.195. The van der Waals surface area contributed by atoms with Gasteiger partial charge in [0.15, 0.2) is 0 Å². The van der Waals surface area contributed by atoms with E-state index in [2.05, 4.69) is 0 Å². The summed E-state index contributed by atoms with van der Waals surface area (Å²) >= 11 is 0. The molecule has 2 atom stereocenters. The van der Waals surface area contributed by atoms with E-state index in [-0.39, 0.29) is 18.1 Å². The van der Waals surface area contributed by atoms with Gasteiger partial charge >= 0.3 is 5.97 Å². The van der Waals surface area contributed by atoms with Crippen LogP contribution in [0.25, 0.3) is 0 Å². The van der Waals surface area contributed by atoms with Gasteiger partial charge in [-0.05, 0) is 26.2 Å². The Balaban J connectivity index is 2.06. The van der Waals surface area contributed by atoms with Crippen LogP contribution in [0, 0.1) is 0 Å². The van der Waals surface area contributed by atoms with Gasteiger partial charge in [0.05, 0.1) is 25.7 Å². The highest BCUT2D eigenvalue weighted by Gasteiger charge is 2.24. The molecule has 0 aromatic heterocycles. The van der Waals surface area contributed by atoms with Gasteiger partial charge < -0.3 is 15.2 Å². The molecule has 82 valence electrons. The zero-order valence-electron chi connectivity index (χ0n) is 8.70. The molecule has 0 amide bonds. The van der Waals surface area contributed by atoms with Gasteiger partial charge in [-0.1, -0.05) is 0 Å². The predicted octanol–water partition coefficient (Wildman–Crippen LogP) is 0.836. The van der Waals surface area contributed by atoms with E-state index >= 15 is 0 Å². The van der Waals surface area contributed by atoms with Gasteiger partial charge in [-0.2, -0.15) is 0 Å². The van der Waals surface area contributed by atoms with Crippen molar-refractivity contribution in [3.05, 3.63) is 0 Å². The third kappa shape index (κ3) is 3.64. The van der Waals surface area contributed by atoms with Gasteiger partial charge in [-0.15, -0.1) is 0 Å². The molecule has 1 aliphatic carbocycles. The summed E-state index contributed by atoms with van der Waals surface area (Å²) in [6.07, 6.45) is 3.65. The van der Waals surface area contributed by atoms with Crippen LogP contribution in [-0.2, 0) is 14.3 Å². The van der Waals surface area contributed by atoms with Crippen molar-refractivity contribution in [2.75, 3.05) is 13.2 Å². The second kappa shape index (κ2) is 5.98. The van der Waals surface area contributed by atoms with Crippen molar-refractivity contribution in [1.82, 2.24) is 0 Å². The number of ether oxygens (including phenoxy) is 2. The Morgan fingerprint density at radius 3 is 2.86 bits per heavy atom. The highest BCUT2D eigenvalue weighted by atomic mass is 16.5. The van der Waals surface area contributed by atoms with Crippen LogP contribution in [0.3, 0.4) is 0 Å². The maximum Gasteiger partial charge on any atom is 0.308 e. The van der Waals surface area contributed by atoms with Gasteiger partial charge in [-0.3, -0.25) is 4.79 Å². The molecule has 0 radical (unpaired) electrons. The first-order valence-electron chi connectivity index (χ1n) is 5.27. The van der Waals surface area contributed by atoms with Crippen molar-refractivity contribution in [2.24, 2.45) is 5.73 Å². The molecular weight excluding hydrogens is 182 g/mol. The van der Waals surface area contributed by atoms with E-state index in [9.17, 15) is 4.79 Å². The fourth-order valence-electron chi connectivity index (χ4n) is 1.69. The fraction of sp³-hybridized carbons (Fsp3) is 0.900. The Labute approximate surface area is 84.7 Å². The maximum absolute atomic E-state index is 11.0. The Kier molecular flexibility index (Phi) is 4.90. The first-order chi connectivity index (χ1) is 6.74. The Morgan fingerprint density at radius 1 is 1.50 bits per heavy atom. The topological polar surface area (TPSA) is 61.5 Å². The van der Waals surface area contributed by atoms with Crippen LogP contribution in [0.5, 0.6) is 0 Å². The molecule has 0 aromatic rings. The lowest BCUT2D eigenvalue weighted by molar-refractivity contribution is -0.144. The smallest absolute Gasteiger partial charge is 0.308 e. The number of hydrogen-bond donors (Lipinski definition) is 1. The Morgan fingerprint density at radius 2 is 2.29 bits per heavy atom. The van der Waals surface area contributed by atoms with Crippen molar-refractivity contribution in [1.29, 1.82) is 0 Å². The average molecular weight is 201 g/mol. The SMILES string of the molecule is CCOC(=O)CCO[C@@H]1CCC[C@H]1N. The zero-order chi connectivity index (χ0) is 10.4. The predicted molar refractivity (Wildman–Crippen MR) is 52.8 cm³/mol. The molecule has 0 aliphatic heterocycles. The number of hydrogen-bond acceptors (Lipinski definition) is 4. The van der Waals surface area contributed by atoms with Crippen LogP contribution in [0.15, 0.2) is 0 Å². The van der Waals surface area contributed by atoms with Crippen LogP contribution < -0.4 is 5.73 Å². The number of rotatable bonds is 5. The molecule has 0 unspecified atom stereocenters. The van der Waals surface area contributed by atoms with Crippen LogP contribution in [0.2, 0.25) is 0 Å². The quantitative estimate of drug-likeness (QED) is 0.669. The normalized spacial score (nSPS) is 26.4. The fourth-order valence-corrected chi connectivity index (χ4v) is 1.69. The average Bonchev–Trinajstić information content (AvgIpc) is 2.52. The van der Waals surface area contributed by atoms with E-state index in [0.29, 0.717) is 19.6 Å². The standard InChI is InChI=1S/C10H19NO3/c1-2-13-10(12)6-7-14-9-5-3-4-8(9)11/h8-9H,2-7,11H2,1H3/t8-,9-/m1/s1. The van der Waals surface area contributed by atoms with E-state index in [1.165, 1.54) is 0 Å². The molecule has 0 heterocycles. The molecule has 1 saturated carbocycles. The molecule has 4 heteroatoms. The lowest BCUT2D eigenvalue weighted by Crippen LogP contribution is -2.32. The van der Waals surface area contributed by atoms with Gasteiger partial charge in [0.2, 0.25) is 0 Å². The lowest BCUT2D eigenvalue weighted by Gasteiger charge is -2.15. The summed E-state index contributed by atoms with van der Waals surface area (Å²) in [5, 5.41) is 0. The Hall–Kier alpha value is -0.610. The molecule has 0 bridgehead atoms. The molecule has 1 fully saturated rings. The molecule has 4 nitrogen and oxygen atoms in total. The van der Waals surface area contributed by atoms with E-state index in [4.69, 9.17) is 15.2 Å². The summed E-state index contributed by atoms with van der Waals surface area (Å²) in [6, 6.07) is 0.150. The summed E-state index contributed by atoms with van der Waals surface area (Å²) in [5.41, 5.74) is 5.81. The summed E-state index contributed by atoms with van der Waals surface area (Å²) in [6.45, 7) is 2.66. The summed E-state index contributed by atoms with van der Waals surface area (Å²) in [4.78, 5) is 11.0. The second-order valence-corrected chi connectivity index (χ2v) is 3.56. The molecule has 1 rings (SSSR count). The lowest BCUT2D eigenvalue weighted by atomic mass is 10.2. The highest BCUT2D eigenvalue weighted by Crippen LogP contribution is 2.20. The minimum Gasteiger partial charge on any atom is -0.466 e.